The summed E-state index contributed by atoms with van der Waals surface area (Å²) in [4.78, 5) is 11.4. The molecule has 0 bridgehead atoms. The quantitative estimate of drug-likeness (QED) is 0.725. The maximum atomic E-state index is 11.4. The molecule has 0 unspecified atom stereocenters. The Balaban J connectivity index is 0.00000361. The van der Waals surface area contributed by atoms with Crippen LogP contribution in [0.4, 0.5) is 0 Å². The third-order valence-corrected chi connectivity index (χ3v) is 2.84. The lowest BCUT2D eigenvalue weighted by atomic mass is 10.0. The van der Waals surface area contributed by atoms with Crippen molar-refractivity contribution in [3.63, 3.8) is 0 Å². The van der Waals surface area contributed by atoms with Crippen molar-refractivity contribution in [2.75, 3.05) is 26.7 Å². The Morgan fingerprint density at radius 2 is 1.85 bits per heavy atom. The number of likely N-dealkylation sites (N-methyl/N-ethyl adjacent to an activating group) is 1. The van der Waals surface area contributed by atoms with Crippen molar-refractivity contribution in [2.24, 2.45) is 0 Å². The number of hydrogen-bond acceptors (Lipinski definition) is 3. The fraction of sp³-hybridized carbons (Fsp3) is 0.533. The molecule has 0 fully saturated rings. The molecular formula is C15H25ClN2O2. The van der Waals surface area contributed by atoms with Gasteiger partial charge in [0.15, 0.2) is 0 Å². The first-order valence-corrected chi connectivity index (χ1v) is 6.77. The predicted molar refractivity (Wildman–Crippen MR) is 84.8 cm³/mol. The Hall–Kier alpha value is -1.26. The zero-order valence-corrected chi connectivity index (χ0v) is 13.3. The summed E-state index contributed by atoms with van der Waals surface area (Å²) in [5, 5.41) is 5.79. The average molecular weight is 301 g/mol. The highest BCUT2D eigenvalue weighted by Crippen LogP contribution is 2.18. The van der Waals surface area contributed by atoms with Crippen LogP contribution in [0.5, 0.6) is 5.75 Å². The molecule has 0 saturated heterocycles. The lowest BCUT2D eigenvalue weighted by molar-refractivity contribution is -0.121. The molecule has 0 aliphatic carbocycles. The molecule has 0 aliphatic rings. The number of halogens is 1. The van der Waals surface area contributed by atoms with Crippen molar-refractivity contribution in [3.05, 3.63) is 29.8 Å². The van der Waals surface area contributed by atoms with Crippen LogP contribution in [0.1, 0.15) is 31.7 Å². The highest BCUT2D eigenvalue weighted by molar-refractivity contribution is 5.85. The van der Waals surface area contributed by atoms with E-state index in [1.54, 1.807) is 0 Å². The van der Waals surface area contributed by atoms with E-state index in [1.807, 2.05) is 19.2 Å². The topological polar surface area (TPSA) is 50.4 Å². The molecule has 1 aromatic carbocycles. The van der Waals surface area contributed by atoms with Gasteiger partial charge >= 0.3 is 0 Å². The first-order chi connectivity index (χ1) is 9.13. The van der Waals surface area contributed by atoms with Crippen LogP contribution in [0.3, 0.4) is 0 Å². The SMILES string of the molecule is CNCCNC(=O)CCOc1ccc(C(C)C)cc1.Cl. The van der Waals surface area contributed by atoms with Crippen LogP contribution >= 0.6 is 12.4 Å². The molecule has 0 aliphatic heterocycles. The molecular weight excluding hydrogens is 276 g/mol. The van der Waals surface area contributed by atoms with Crippen molar-refractivity contribution in [1.29, 1.82) is 0 Å². The van der Waals surface area contributed by atoms with Crippen LogP contribution in [0.15, 0.2) is 24.3 Å². The normalized spacial score (nSPS) is 10.0. The number of benzene rings is 1. The van der Waals surface area contributed by atoms with Crippen molar-refractivity contribution in [2.45, 2.75) is 26.2 Å². The summed E-state index contributed by atoms with van der Waals surface area (Å²) in [6.07, 6.45) is 0.385. The second-order valence-electron chi connectivity index (χ2n) is 4.78. The van der Waals surface area contributed by atoms with Gasteiger partial charge < -0.3 is 15.4 Å². The number of carbonyl (C=O) groups is 1. The van der Waals surface area contributed by atoms with Crippen molar-refractivity contribution in [1.82, 2.24) is 10.6 Å². The van der Waals surface area contributed by atoms with E-state index in [4.69, 9.17) is 4.74 Å². The van der Waals surface area contributed by atoms with Gasteiger partial charge in [-0.2, -0.15) is 0 Å². The molecule has 0 saturated carbocycles. The molecule has 0 radical (unpaired) electrons. The van der Waals surface area contributed by atoms with E-state index < -0.39 is 0 Å². The Labute approximate surface area is 127 Å². The average Bonchev–Trinajstić information content (AvgIpc) is 2.39. The van der Waals surface area contributed by atoms with Crippen LogP contribution in [-0.2, 0) is 4.79 Å². The number of carbonyl (C=O) groups excluding carboxylic acids is 1. The van der Waals surface area contributed by atoms with Crippen molar-refractivity contribution in [3.8, 4) is 5.75 Å². The maximum Gasteiger partial charge on any atom is 0.223 e. The molecule has 0 heterocycles. The van der Waals surface area contributed by atoms with Gasteiger partial charge in [-0.15, -0.1) is 12.4 Å². The van der Waals surface area contributed by atoms with Crippen LogP contribution < -0.4 is 15.4 Å². The van der Waals surface area contributed by atoms with Crippen LogP contribution in [-0.4, -0.2) is 32.7 Å². The Bertz CT molecular complexity index is 380. The lowest BCUT2D eigenvalue weighted by Crippen LogP contribution is -2.31. The summed E-state index contributed by atoms with van der Waals surface area (Å²) in [6, 6.07) is 8.03. The number of hydrogen-bond donors (Lipinski definition) is 2. The molecule has 1 rings (SSSR count). The minimum absolute atomic E-state index is 0. The summed E-state index contributed by atoms with van der Waals surface area (Å²) in [5.74, 6) is 1.36. The summed E-state index contributed by atoms with van der Waals surface area (Å²) >= 11 is 0. The second-order valence-corrected chi connectivity index (χ2v) is 4.78. The van der Waals surface area contributed by atoms with Crippen molar-refractivity contribution < 1.29 is 9.53 Å². The van der Waals surface area contributed by atoms with Gasteiger partial charge in [-0.1, -0.05) is 26.0 Å². The van der Waals surface area contributed by atoms with E-state index in [2.05, 4.69) is 36.6 Å². The summed E-state index contributed by atoms with van der Waals surface area (Å²) in [7, 11) is 1.86. The Morgan fingerprint density at radius 1 is 1.20 bits per heavy atom. The van der Waals surface area contributed by atoms with E-state index >= 15 is 0 Å². The smallest absolute Gasteiger partial charge is 0.223 e. The van der Waals surface area contributed by atoms with Gasteiger partial charge in [0.1, 0.15) is 5.75 Å². The number of amides is 1. The van der Waals surface area contributed by atoms with Gasteiger partial charge in [-0.05, 0) is 30.7 Å². The number of nitrogens with one attached hydrogen (secondary N) is 2. The molecule has 1 aromatic rings. The van der Waals surface area contributed by atoms with E-state index in [0.29, 0.717) is 25.5 Å². The third kappa shape index (κ3) is 7.36. The maximum absolute atomic E-state index is 11.4. The van der Waals surface area contributed by atoms with Gasteiger partial charge in [-0.25, -0.2) is 0 Å². The standard InChI is InChI=1S/C15H24N2O2.ClH/c1-12(2)13-4-6-14(7-5-13)19-11-8-15(18)17-10-9-16-3;/h4-7,12,16H,8-11H2,1-3H3,(H,17,18);1H. The van der Waals surface area contributed by atoms with E-state index in [-0.39, 0.29) is 18.3 Å². The lowest BCUT2D eigenvalue weighted by Gasteiger charge is -2.09. The molecule has 5 heteroatoms. The van der Waals surface area contributed by atoms with Crippen LogP contribution in [0.2, 0.25) is 0 Å². The molecule has 20 heavy (non-hydrogen) atoms. The first-order valence-electron chi connectivity index (χ1n) is 6.77. The van der Waals surface area contributed by atoms with Gasteiger partial charge in [-0.3, -0.25) is 4.79 Å². The first kappa shape index (κ1) is 18.7. The minimum atomic E-state index is 0. The molecule has 4 nitrogen and oxygen atoms in total. The highest BCUT2D eigenvalue weighted by Gasteiger charge is 2.02. The zero-order chi connectivity index (χ0) is 14.1. The fourth-order valence-electron chi connectivity index (χ4n) is 1.63. The number of ether oxygens (including phenoxy) is 1. The largest absolute Gasteiger partial charge is 0.493 e. The van der Waals surface area contributed by atoms with Crippen LogP contribution in [0, 0.1) is 0 Å². The molecule has 114 valence electrons. The zero-order valence-electron chi connectivity index (χ0n) is 12.4. The van der Waals surface area contributed by atoms with E-state index in [1.165, 1.54) is 5.56 Å². The Morgan fingerprint density at radius 3 is 2.40 bits per heavy atom. The summed E-state index contributed by atoms with van der Waals surface area (Å²) < 4.78 is 5.54. The minimum Gasteiger partial charge on any atom is -0.493 e. The van der Waals surface area contributed by atoms with Crippen LogP contribution in [0.25, 0.3) is 0 Å². The molecule has 0 aromatic heterocycles. The predicted octanol–water partition coefficient (Wildman–Crippen LogP) is 2.34. The van der Waals surface area contributed by atoms with Gasteiger partial charge in [0, 0.05) is 13.1 Å². The molecule has 1 amide bonds. The van der Waals surface area contributed by atoms with Gasteiger partial charge in [0.05, 0.1) is 13.0 Å². The monoisotopic (exact) mass is 300 g/mol. The highest BCUT2D eigenvalue weighted by atomic mass is 35.5. The third-order valence-electron chi connectivity index (χ3n) is 2.84. The second kappa shape index (κ2) is 10.5. The summed E-state index contributed by atoms with van der Waals surface area (Å²) in [6.45, 7) is 6.16. The molecule has 2 N–H and O–H groups in total. The summed E-state index contributed by atoms with van der Waals surface area (Å²) in [5.41, 5.74) is 1.29. The fourth-order valence-corrected chi connectivity index (χ4v) is 1.63. The molecule has 0 spiro atoms. The van der Waals surface area contributed by atoms with Gasteiger partial charge in [0.25, 0.3) is 0 Å². The molecule has 0 atom stereocenters. The Kier molecular flexibility index (Phi) is 9.86. The number of rotatable bonds is 8. The van der Waals surface area contributed by atoms with Gasteiger partial charge in [0.2, 0.25) is 5.91 Å². The van der Waals surface area contributed by atoms with E-state index in [0.717, 1.165) is 12.3 Å². The van der Waals surface area contributed by atoms with Crippen molar-refractivity contribution >= 4 is 18.3 Å². The van der Waals surface area contributed by atoms with E-state index in [9.17, 15) is 4.79 Å².